The first kappa shape index (κ1) is 12.9. The van der Waals surface area contributed by atoms with Gasteiger partial charge in [-0.1, -0.05) is 13.8 Å². The molecule has 80 valence electrons. The van der Waals surface area contributed by atoms with E-state index in [0.29, 0.717) is 12.1 Å². The highest BCUT2D eigenvalue weighted by Gasteiger charge is 2.08. The Morgan fingerprint density at radius 3 is 2.15 bits per heavy atom. The summed E-state index contributed by atoms with van der Waals surface area (Å²) in [6.07, 6.45) is 2.71. The van der Waals surface area contributed by atoms with E-state index >= 15 is 0 Å². The van der Waals surface area contributed by atoms with E-state index in [2.05, 4.69) is 33.0 Å². The van der Waals surface area contributed by atoms with E-state index in [4.69, 9.17) is 4.74 Å². The minimum absolute atomic E-state index is 0.358. The van der Waals surface area contributed by atoms with Crippen molar-refractivity contribution in [1.82, 2.24) is 5.32 Å². The summed E-state index contributed by atoms with van der Waals surface area (Å²) in [5.41, 5.74) is 0. The second-order valence-corrected chi connectivity index (χ2v) is 4.32. The number of ether oxygens (including phenoxy) is 1. The van der Waals surface area contributed by atoms with Gasteiger partial charge < -0.3 is 10.1 Å². The SMILES string of the molecule is CNC(CCOC(C)C)CC(C)C. The van der Waals surface area contributed by atoms with Crippen LogP contribution in [0.1, 0.15) is 40.5 Å². The highest BCUT2D eigenvalue weighted by atomic mass is 16.5. The molecule has 0 fully saturated rings. The molecule has 0 aliphatic rings. The minimum Gasteiger partial charge on any atom is -0.379 e. The summed E-state index contributed by atoms with van der Waals surface area (Å²) in [5, 5.41) is 3.33. The molecule has 1 N–H and O–H groups in total. The average Bonchev–Trinajstić information content (AvgIpc) is 2.01. The van der Waals surface area contributed by atoms with Crippen LogP contribution in [-0.2, 0) is 4.74 Å². The number of hydrogen-bond acceptors (Lipinski definition) is 2. The lowest BCUT2D eigenvalue weighted by molar-refractivity contribution is 0.0707. The van der Waals surface area contributed by atoms with Crippen molar-refractivity contribution in [3.63, 3.8) is 0 Å². The molecule has 1 unspecified atom stereocenters. The zero-order valence-electron chi connectivity index (χ0n) is 9.76. The van der Waals surface area contributed by atoms with Gasteiger partial charge in [-0.25, -0.2) is 0 Å². The molecule has 2 heteroatoms. The van der Waals surface area contributed by atoms with Crippen molar-refractivity contribution in [3.05, 3.63) is 0 Å². The summed E-state index contributed by atoms with van der Waals surface area (Å²) in [6.45, 7) is 9.55. The third-order valence-corrected chi connectivity index (χ3v) is 2.08. The van der Waals surface area contributed by atoms with Crippen molar-refractivity contribution in [1.29, 1.82) is 0 Å². The van der Waals surface area contributed by atoms with Gasteiger partial charge in [0.15, 0.2) is 0 Å². The standard InChI is InChI=1S/C11H25NO/c1-9(2)8-11(12-5)6-7-13-10(3)4/h9-12H,6-8H2,1-5H3. The molecule has 2 nitrogen and oxygen atoms in total. The van der Waals surface area contributed by atoms with Crippen molar-refractivity contribution in [2.24, 2.45) is 5.92 Å². The molecule has 13 heavy (non-hydrogen) atoms. The van der Waals surface area contributed by atoms with Crippen LogP contribution in [0.15, 0.2) is 0 Å². The summed E-state index contributed by atoms with van der Waals surface area (Å²) < 4.78 is 5.52. The maximum absolute atomic E-state index is 5.52. The first-order valence-electron chi connectivity index (χ1n) is 5.35. The molecule has 0 saturated carbocycles. The summed E-state index contributed by atoms with van der Waals surface area (Å²) in [7, 11) is 2.03. The zero-order chi connectivity index (χ0) is 10.3. The summed E-state index contributed by atoms with van der Waals surface area (Å²) in [6, 6.07) is 0.610. The largest absolute Gasteiger partial charge is 0.379 e. The van der Waals surface area contributed by atoms with E-state index in [0.717, 1.165) is 18.9 Å². The maximum atomic E-state index is 5.52. The van der Waals surface area contributed by atoms with Gasteiger partial charge in [-0.05, 0) is 39.7 Å². The normalized spacial score (nSPS) is 14.1. The summed E-state index contributed by atoms with van der Waals surface area (Å²) in [5.74, 6) is 0.761. The third-order valence-electron chi connectivity index (χ3n) is 2.08. The van der Waals surface area contributed by atoms with Gasteiger partial charge in [0.25, 0.3) is 0 Å². The minimum atomic E-state index is 0.358. The van der Waals surface area contributed by atoms with Crippen LogP contribution < -0.4 is 5.32 Å². The molecule has 1 atom stereocenters. The molecule has 0 aromatic carbocycles. The molecule has 0 spiro atoms. The molecule has 0 saturated heterocycles. The Balaban J connectivity index is 3.48. The molecule has 0 amide bonds. The van der Waals surface area contributed by atoms with Gasteiger partial charge in [0.05, 0.1) is 6.10 Å². The molecule has 0 rings (SSSR count). The van der Waals surface area contributed by atoms with Gasteiger partial charge in [-0.15, -0.1) is 0 Å². The fourth-order valence-electron chi connectivity index (χ4n) is 1.40. The number of hydrogen-bond donors (Lipinski definition) is 1. The lowest BCUT2D eigenvalue weighted by Crippen LogP contribution is -2.28. The molecule has 0 aliphatic carbocycles. The first-order valence-corrected chi connectivity index (χ1v) is 5.35. The quantitative estimate of drug-likeness (QED) is 0.661. The molecule has 0 bridgehead atoms. The summed E-state index contributed by atoms with van der Waals surface area (Å²) in [4.78, 5) is 0. The monoisotopic (exact) mass is 187 g/mol. The number of nitrogens with one attached hydrogen (secondary N) is 1. The second kappa shape index (κ2) is 7.34. The van der Waals surface area contributed by atoms with Gasteiger partial charge in [0.1, 0.15) is 0 Å². The van der Waals surface area contributed by atoms with Crippen LogP contribution in [0.5, 0.6) is 0 Å². The lowest BCUT2D eigenvalue weighted by Gasteiger charge is -2.18. The van der Waals surface area contributed by atoms with Crippen molar-refractivity contribution in [3.8, 4) is 0 Å². The van der Waals surface area contributed by atoms with Gasteiger partial charge >= 0.3 is 0 Å². The Morgan fingerprint density at radius 2 is 1.77 bits per heavy atom. The highest BCUT2D eigenvalue weighted by Crippen LogP contribution is 2.07. The molecule has 0 aromatic rings. The average molecular weight is 187 g/mol. The first-order chi connectivity index (χ1) is 6.06. The molecule has 0 aliphatic heterocycles. The molecule has 0 heterocycles. The van der Waals surface area contributed by atoms with Crippen LogP contribution in [0.4, 0.5) is 0 Å². The Hall–Kier alpha value is -0.0800. The van der Waals surface area contributed by atoms with Crippen LogP contribution >= 0.6 is 0 Å². The van der Waals surface area contributed by atoms with Crippen molar-refractivity contribution in [2.75, 3.05) is 13.7 Å². The van der Waals surface area contributed by atoms with E-state index in [1.807, 2.05) is 7.05 Å². The Bertz CT molecular complexity index is 113. The van der Waals surface area contributed by atoms with Crippen LogP contribution in [-0.4, -0.2) is 25.8 Å². The van der Waals surface area contributed by atoms with Crippen molar-refractivity contribution in [2.45, 2.75) is 52.7 Å². The maximum Gasteiger partial charge on any atom is 0.0518 e. The predicted molar refractivity (Wildman–Crippen MR) is 58.0 cm³/mol. The zero-order valence-corrected chi connectivity index (χ0v) is 9.76. The third kappa shape index (κ3) is 8.26. The van der Waals surface area contributed by atoms with Crippen LogP contribution in [0.25, 0.3) is 0 Å². The van der Waals surface area contributed by atoms with Crippen molar-refractivity contribution < 1.29 is 4.74 Å². The smallest absolute Gasteiger partial charge is 0.0518 e. The van der Waals surface area contributed by atoms with E-state index in [1.54, 1.807) is 0 Å². The number of rotatable bonds is 7. The van der Waals surface area contributed by atoms with Crippen LogP contribution in [0, 0.1) is 5.92 Å². The summed E-state index contributed by atoms with van der Waals surface area (Å²) >= 11 is 0. The van der Waals surface area contributed by atoms with Crippen molar-refractivity contribution >= 4 is 0 Å². The molecule has 0 radical (unpaired) electrons. The van der Waals surface area contributed by atoms with E-state index < -0.39 is 0 Å². The topological polar surface area (TPSA) is 21.3 Å². The lowest BCUT2D eigenvalue weighted by atomic mass is 10.0. The predicted octanol–water partition coefficient (Wildman–Crippen LogP) is 2.44. The fraction of sp³-hybridized carbons (Fsp3) is 1.00. The van der Waals surface area contributed by atoms with E-state index in [-0.39, 0.29) is 0 Å². The van der Waals surface area contributed by atoms with E-state index in [1.165, 1.54) is 6.42 Å². The van der Waals surface area contributed by atoms with Crippen LogP contribution in [0.3, 0.4) is 0 Å². The van der Waals surface area contributed by atoms with Gasteiger partial charge in [-0.2, -0.15) is 0 Å². The Kier molecular flexibility index (Phi) is 7.29. The van der Waals surface area contributed by atoms with Crippen LogP contribution in [0.2, 0.25) is 0 Å². The highest BCUT2D eigenvalue weighted by molar-refractivity contribution is 4.66. The van der Waals surface area contributed by atoms with Gasteiger partial charge in [0, 0.05) is 12.6 Å². The second-order valence-electron chi connectivity index (χ2n) is 4.32. The van der Waals surface area contributed by atoms with Gasteiger partial charge in [0.2, 0.25) is 0 Å². The fourth-order valence-corrected chi connectivity index (χ4v) is 1.40. The molecule has 0 aromatic heterocycles. The molecular weight excluding hydrogens is 162 g/mol. The Morgan fingerprint density at radius 1 is 1.15 bits per heavy atom. The van der Waals surface area contributed by atoms with E-state index in [9.17, 15) is 0 Å². The molecular formula is C11H25NO. The Labute approximate surface area is 83.1 Å². The van der Waals surface area contributed by atoms with Gasteiger partial charge in [-0.3, -0.25) is 0 Å².